The molecule has 0 aliphatic carbocycles. The van der Waals surface area contributed by atoms with Gasteiger partial charge in [0.1, 0.15) is 17.4 Å². The Morgan fingerprint density at radius 1 is 1.22 bits per heavy atom. The van der Waals surface area contributed by atoms with Crippen LogP contribution in [-0.4, -0.2) is 24.1 Å². The van der Waals surface area contributed by atoms with Gasteiger partial charge >= 0.3 is 0 Å². The number of hydrogen-bond acceptors (Lipinski definition) is 4. The molecule has 94 valence electrons. The summed E-state index contributed by atoms with van der Waals surface area (Å²) in [6, 6.07) is 9.78. The van der Waals surface area contributed by atoms with Crippen LogP contribution in [0.4, 0.5) is 5.82 Å². The monoisotopic (exact) mass is 243 g/mol. The number of nitrogens with one attached hydrogen (secondary N) is 1. The first kappa shape index (κ1) is 12.4. The Kier molecular flexibility index (Phi) is 3.77. The quantitative estimate of drug-likeness (QED) is 0.897. The number of benzene rings is 1. The Morgan fingerprint density at radius 3 is 2.67 bits per heavy atom. The predicted molar refractivity (Wildman–Crippen MR) is 72.9 cm³/mol. The highest BCUT2D eigenvalue weighted by atomic mass is 16.5. The summed E-state index contributed by atoms with van der Waals surface area (Å²) in [7, 11) is 3.52. The number of aryl methyl sites for hydroxylation is 1. The van der Waals surface area contributed by atoms with E-state index in [0.29, 0.717) is 0 Å². The number of methoxy groups -OCH3 is 1. The zero-order valence-electron chi connectivity index (χ0n) is 10.9. The Labute approximate surface area is 107 Å². The van der Waals surface area contributed by atoms with E-state index in [9.17, 15) is 0 Å². The Balaban J connectivity index is 2.55. The highest BCUT2D eigenvalue weighted by molar-refractivity contribution is 5.69. The van der Waals surface area contributed by atoms with Gasteiger partial charge in [0.2, 0.25) is 0 Å². The number of ether oxygens (including phenoxy) is 1. The molecular formula is C14H17N3O. The molecule has 0 spiro atoms. The molecule has 1 N–H and O–H groups in total. The lowest BCUT2D eigenvalue weighted by Gasteiger charge is -2.10. The van der Waals surface area contributed by atoms with Crippen molar-refractivity contribution in [2.24, 2.45) is 0 Å². The molecule has 0 bridgehead atoms. The standard InChI is InChI=1S/C14H17N3O/c1-4-13-16-11(9-14(15-2)17-13)10-7-5-6-8-12(10)18-3/h5-9H,4H2,1-3H3,(H,15,16,17). The van der Waals surface area contributed by atoms with Crippen molar-refractivity contribution in [2.75, 3.05) is 19.5 Å². The molecule has 0 radical (unpaired) electrons. The molecule has 0 atom stereocenters. The highest BCUT2D eigenvalue weighted by Crippen LogP contribution is 2.29. The van der Waals surface area contributed by atoms with Crippen molar-refractivity contribution in [2.45, 2.75) is 13.3 Å². The van der Waals surface area contributed by atoms with Crippen LogP contribution in [0.2, 0.25) is 0 Å². The fourth-order valence-corrected chi connectivity index (χ4v) is 1.78. The Bertz CT molecular complexity index is 518. The lowest BCUT2D eigenvalue weighted by molar-refractivity contribution is 0.416. The van der Waals surface area contributed by atoms with Crippen molar-refractivity contribution in [1.29, 1.82) is 0 Å². The van der Waals surface area contributed by atoms with Crippen molar-refractivity contribution >= 4 is 5.82 Å². The summed E-state index contributed by atoms with van der Waals surface area (Å²) in [5.41, 5.74) is 1.86. The van der Waals surface area contributed by atoms with Crippen LogP contribution in [0.25, 0.3) is 11.3 Å². The largest absolute Gasteiger partial charge is 0.496 e. The number of para-hydroxylation sites is 1. The Hall–Kier alpha value is -2.10. The van der Waals surface area contributed by atoms with Gasteiger partial charge in [0.25, 0.3) is 0 Å². The maximum Gasteiger partial charge on any atom is 0.131 e. The summed E-state index contributed by atoms with van der Waals surface area (Å²) in [6.45, 7) is 2.04. The third-order valence-electron chi connectivity index (χ3n) is 2.73. The number of nitrogens with zero attached hydrogens (tertiary/aromatic N) is 2. The van der Waals surface area contributed by atoms with Crippen molar-refractivity contribution in [3.63, 3.8) is 0 Å². The summed E-state index contributed by atoms with van der Waals surface area (Å²) in [5, 5.41) is 3.06. The molecular weight excluding hydrogens is 226 g/mol. The lowest BCUT2D eigenvalue weighted by atomic mass is 10.1. The van der Waals surface area contributed by atoms with Crippen LogP contribution in [0.3, 0.4) is 0 Å². The van der Waals surface area contributed by atoms with Gasteiger partial charge in [-0.05, 0) is 12.1 Å². The molecule has 0 fully saturated rings. The maximum atomic E-state index is 5.37. The summed E-state index contributed by atoms with van der Waals surface area (Å²) in [5.74, 6) is 2.46. The molecule has 0 amide bonds. The maximum absolute atomic E-state index is 5.37. The summed E-state index contributed by atoms with van der Waals surface area (Å²) < 4.78 is 5.37. The van der Waals surface area contributed by atoms with Crippen LogP contribution < -0.4 is 10.1 Å². The minimum absolute atomic E-state index is 0.803. The van der Waals surface area contributed by atoms with E-state index >= 15 is 0 Å². The molecule has 0 unspecified atom stereocenters. The van der Waals surface area contributed by atoms with Crippen molar-refractivity contribution in [3.05, 3.63) is 36.2 Å². The predicted octanol–water partition coefficient (Wildman–Crippen LogP) is 2.76. The highest BCUT2D eigenvalue weighted by Gasteiger charge is 2.09. The van der Waals surface area contributed by atoms with E-state index in [1.807, 2.05) is 44.3 Å². The number of anilines is 1. The fraction of sp³-hybridized carbons (Fsp3) is 0.286. The van der Waals surface area contributed by atoms with Gasteiger partial charge in [0, 0.05) is 25.1 Å². The van der Waals surface area contributed by atoms with Crippen molar-refractivity contribution in [3.8, 4) is 17.0 Å². The first-order chi connectivity index (χ1) is 8.78. The van der Waals surface area contributed by atoms with E-state index in [1.54, 1.807) is 7.11 Å². The van der Waals surface area contributed by atoms with E-state index < -0.39 is 0 Å². The SMILES string of the molecule is CCc1nc(NC)cc(-c2ccccc2OC)n1. The molecule has 0 aliphatic heterocycles. The van der Waals surface area contributed by atoms with Gasteiger partial charge in [0.05, 0.1) is 12.8 Å². The Morgan fingerprint density at radius 2 is 2.00 bits per heavy atom. The molecule has 0 saturated carbocycles. The lowest BCUT2D eigenvalue weighted by Crippen LogP contribution is -2.01. The molecule has 18 heavy (non-hydrogen) atoms. The van der Waals surface area contributed by atoms with Gasteiger partial charge in [0.15, 0.2) is 0 Å². The van der Waals surface area contributed by atoms with Gasteiger partial charge < -0.3 is 10.1 Å². The van der Waals surface area contributed by atoms with Crippen LogP contribution in [0.1, 0.15) is 12.7 Å². The van der Waals surface area contributed by atoms with E-state index in [0.717, 1.165) is 35.1 Å². The summed E-state index contributed by atoms with van der Waals surface area (Å²) >= 11 is 0. The van der Waals surface area contributed by atoms with Gasteiger partial charge in [-0.3, -0.25) is 0 Å². The topological polar surface area (TPSA) is 47.0 Å². The van der Waals surface area contributed by atoms with Crippen LogP contribution in [0.15, 0.2) is 30.3 Å². The van der Waals surface area contributed by atoms with Crippen LogP contribution in [-0.2, 0) is 6.42 Å². The van der Waals surface area contributed by atoms with E-state index in [2.05, 4.69) is 15.3 Å². The first-order valence-corrected chi connectivity index (χ1v) is 5.97. The summed E-state index contributed by atoms with van der Waals surface area (Å²) in [6.07, 6.45) is 0.803. The molecule has 4 heteroatoms. The zero-order valence-corrected chi connectivity index (χ0v) is 10.9. The molecule has 1 heterocycles. The molecule has 4 nitrogen and oxygen atoms in total. The summed E-state index contributed by atoms with van der Waals surface area (Å²) in [4.78, 5) is 8.94. The minimum atomic E-state index is 0.803. The number of rotatable bonds is 4. The van der Waals surface area contributed by atoms with Gasteiger partial charge in [-0.1, -0.05) is 19.1 Å². The van der Waals surface area contributed by atoms with E-state index in [1.165, 1.54) is 0 Å². The molecule has 1 aromatic carbocycles. The van der Waals surface area contributed by atoms with Crippen molar-refractivity contribution < 1.29 is 4.74 Å². The fourth-order valence-electron chi connectivity index (χ4n) is 1.78. The van der Waals surface area contributed by atoms with Crippen LogP contribution in [0.5, 0.6) is 5.75 Å². The molecule has 2 aromatic rings. The second kappa shape index (κ2) is 5.49. The first-order valence-electron chi connectivity index (χ1n) is 5.97. The second-order valence-corrected chi connectivity index (χ2v) is 3.86. The van der Waals surface area contributed by atoms with E-state index in [4.69, 9.17) is 4.74 Å². The molecule has 1 aromatic heterocycles. The van der Waals surface area contributed by atoms with Gasteiger partial charge in [-0.2, -0.15) is 0 Å². The molecule has 0 aliphatic rings. The minimum Gasteiger partial charge on any atom is -0.496 e. The average molecular weight is 243 g/mol. The van der Waals surface area contributed by atoms with E-state index in [-0.39, 0.29) is 0 Å². The van der Waals surface area contributed by atoms with Crippen LogP contribution >= 0.6 is 0 Å². The number of aromatic nitrogens is 2. The smallest absolute Gasteiger partial charge is 0.131 e. The molecule has 2 rings (SSSR count). The third kappa shape index (κ3) is 2.42. The zero-order chi connectivity index (χ0) is 13.0. The molecule has 0 saturated heterocycles. The third-order valence-corrected chi connectivity index (χ3v) is 2.73. The number of hydrogen-bond donors (Lipinski definition) is 1. The van der Waals surface area contributed by atoms with Crippen LogP contribution in [0, 0.1) is 0 Å². The normalized spacial score (nSPS) is 10.2. The average Bonchev–Trinajstić information content (AvgIpc) is 2.46. The van der Waals surface area contributed by atoms with Gasteiger partial charge in [-0.25, -0.2) is 9.97 Å². The van der Waals surface area contributed by atoms with Gasteiger partial charge in [-0.15, -0.1) is 0 Å². The second-order valence-electron chi connectivity index (χ2n) is 3.86. The van der Waals surface area contributed by atoms with Crippen molar-refractivity contribution in [1.82, 2.24) is 9.97 Å².